The van der Waals surface area contributed by atoms with Gasteiger partial charge in [0.1, 0.15) is 0 Å². The molecule has 0 fully saturated rings. The molecule has 4 rings (SSSR count). The van der Waals surface area contributed by atoms with E-state index in [0.717, 1.165) is 17.1 Å². The number of hydrazone groups is 1. The Morgan fingerprint density at radius 1 is 1.00 bits per heavy atom. The van der Waals surface area contributed by atoms with Crippen molar-refractivity contribution >= 4 is 33.3 Å². The first-order chi connectivity index (χ1) is 12.0. The first-order valence-corrected chi connectivity index (χ1v) is 8.31. The van der Waals surface area contributed by atoms with Crippen molar-refractivity contribution in [3.8, 4) is 0 Å². The molecule has 2 aromatic carbocycles. The molecule has 2 aromatic heterocycles. The van der Waals surface area contributed by atoms with Gasteiger partial charge in [0, 0.05) is 55.2 Å². The summed E-state index contributed by atoms with van der Waals surface area (Å²) >= 11 is 0. The molecule has 0 N–H and O–H groups in total. The molecule has 0 unspecified atom stereocenters. The van der Waals surface area contributed by atoms with Gasteiger partial charge in [-0.3, -0.25) is 4.68 Å². The molecule has 0 radical (unpaired) electrons. The molecular weight excluding hydrogens is 310 g/mol. The largest absolute Gasteiger partial charge is 0.344 e. The fourth-order valence-corrected chi connectivity index (χ4v) is 3.30. The summed E-state index contributed by atoms with van der Waals surface area (Å²) < 4.78 is 4.01. The highest BCUT2D eigenvalue weighted by Crippen LogP contribution is 2.28. The number of benzene rings is 2. The van der Waals surface area contributed by atoms with E-state index in [9.17, 15) is 0 Å². The summed E-state index contributed by atoms with van der Waals surface area (Å²) in [7, 11) is 5.94. The molecular formula is C20H21N5. The van der Waals surface area contributed by atoms with Crippen molar-refractivity contribution in [2.75, 3.05) is 12.1 Å². The lowest BCUT2D eigenvalue weighted by atomic mass is 10.1. The van der Waals surface area contributed by atoms with Crippen molar-refractivity contribution in [1.29, 1.82) is 0 Å². The highest BCUT2D eigenvalue weighted by Gasteiger charge is 2.10. The van der Waals surface area contributed by atoms with Crippen molar-refractivity contribution in [3.05, 3.63) is 60.3 Å². The van der Waals surface area contributed by atoms with Gasteiger partial charge in [0.25, 0.3) is 0 Å². The molecule has 0 aliphatic rings. The quantitative estimate of drug-likeness (QED) is 0.421. The monoisotopic (exact) mass is 331 g/mol. The summed E-state index contributed by atoms with van der Waals surface area (Å²) in [6.45, 7) is 2.03. The second-order valence-electron chi connectivity index (χ2n) is 6.36. The van der Waals surface area contributed by atoms with E-state index in [0.29, 0.717) is 0 Å². The molecule has 5 nitrogen and oxygen atoms in total. The van der Waals surface area contributed by atoms with E-state index in [4.69, 9.17) is 5.10 Å². The zero-order chi connectivity index (χ0) is 17.6. The molecule has 0 saturated carbocycles. The second-order valence-corrected chi connectivity index (χ2v) is 6.36. The van der Waals surface area contributed by atoms with E-state index >= 15 is 0 Å². The Hall–Kier alpha value is -3.08. The first-order valence-electron chi connectivity index (χ1n) is 8.31. The van der Waals surface area contributed by atoms with Crippen LogP contribution in [0.2, 0.25) is 0 Å². The number of hydrogen-bond donors (Lipinski definition) is 0. The predicted octanol–water partition coefficient (Wildman–Crippen LogP) is 3.93. The number of rotatable bonds is 3. The minimum atomic E-state index is 0.827. The van der Waals surface area contributed by atoms with Crippen molar-refractivity contribution in [2.24, 2.45) is 19.2 Å². The Morgan fingerprint density at radius 3 is 2.52 bits per heavy atom. The maximum atomic E-state index is 4.69. The highest BCUT2D eigenvalue weighted by atomic mass is 15.5. The minimum Gasteiger partial charge on any atom is -0.344 e. The zero-order valence-electron chi connectivity index (χ0n) is 14.9. The smallest absolute Gasteiger partial charge is 0.170 e. The minimum absolute atomic E-state index is 0.827. The summed E-state index contributed by atoms with van der Waals surface area (Å²) in [6.07, 6.45) is 1.92. The summed E-state index contributed by atoms with van der Waals surface area (Å²) in [5.41, 5.74) is 4.56. The van der Waals surface area contributed by atoms with E-state index in [1.54, 1.807) is 4.68 Å². The molecule has 0 aliphatic carbocycles. The third-order valence-corrected chi connectivity index (χ3v) is 4.66. The van der Waals surface area contributed by atoms with Crippen LogP contribution >= 0.6 is 0 Å². The van der Waals surface area contributed by atoms with Gasteiger partial charge in [-0.2, -0.15) is 10.2 Å². The maximum Gasteiger partial charge on any atom is 0.170 e. The molecule has 25 heavy (non-hydrogen) atoms. The van der Waals surface area contributed by atoms with Crippen LogP contribution in [-0.2, 0) is 14.1 Å². The van der Waals surface area contributed by atoms with Crippen molar-refractivity contribution in [3.63, 3.8) is 0 Å². The SMILES string of the molecule is C/C(=N/N(C)c1ccn(C)n1)c1ccc2c(c1)c1ccccc1n2C. The van der Waals surface area contributed by atoms with Gasteiger partial charge in [0.15, 0.2) is 5.82 Å². The number of anilines is 1. The fourth-order valence-electron chi connectivity index (χ4n) is 3.30. The van der Waals surface area contributed by atoms with E-state index in [2.05, 4.69) is 59.2 Å². The molecule has 0 aliphatic heterocycles. The zero-order valence-corrected chi connectivity index (χ0v) is 14.9. The summed E-state index contributed by atoms with van der Waals surface area (Å²) in [5.74, 6) is 0.827. The Morgan fingerprint density at radius 2 is 1.76 bits per heavy atom. The Labute approximate surface area is 146 Å². The number of aryl methyl sites for hydroxylation is 2. The van der Waals surface area contributed by atoms with E-state index in [1.165, 1.54) is 21.8 Å². The van der Waals surface area contributed by atoms with Crippen molar-refractivity contribution in [2.45, 2.75) is 6.92 Å². The molecule has 0 bridgehead atoms. The van der Waals surface area contributed by atoms with E-state index in [1.807, 2.05) is 38.3 Å². The third kappa shape index (κ3) is 2.58. The van der Waals surface area contributed by atoms with Crippen LogP contribution in [0.15, 0.2) is 59.8 Å². The van der Waals surface area contributed by atoms with Crippen LogP contribution in [0.3, 0.4) is 0 Å². The molecule has 0 atom stereocenters. The van der Waals surface area contributed by atoms with Crippen molar-refractivity contribution in [1.82, 2.24) is 14.3 Å². The molecule has 5 heteroatoms. The van der Waals surface area contributed by atoms with Crippen LogP contribution in [0.25, 0.3) is 21.8 Å². The number of nitrogens with zero attached hydrogens (tertiary/aromatic N) is 5. The number of hydrogen-bond acceptors (Lipinski definition) is 3. The van der Waals surface area contributed by atoms with Crippen LogP contribution in [-0.4, -0.2) is 27.1 Å². The van der Waals surface area contributed by atoms with Crippen LogP contribution in [0.4, 0.5) is 5.82 Å². The lowest BCUT2D eigenvalue weighted by Crippen LogP contribution is -2.13. The lowest BCUT2D eigenvalue weighted by molar-refractivity contribution is 0.757. The molecule has 0 spiro atoms. The predicted molar refractivity (Wildman–Crippen MR) is 104 cm³/mol. The molecule has 4 aromatic rings. The molecule has 0 amide bonds. The Balaban J connectivity index is 1.78. The van der Waals surface area contributed by atoms with Gasteiger partial charge in [-0.05, 0) is 30.7 Å². The van der Waals surface area contributed by atoms with Gasteiger partial charge < -0.3 is 4.57 Å². The Kier molecular flexibility index (Phi) is 3.57. The van der Waals surface area contributed by atoms with Crippen LogP contribution in [0, 0.1) is 0 Å². The summed E-state index contributed by atoms with van der Waals surface area (Å²) in [5, 5.41) is 13.4. The number of para-hydroxylation sites is 1. The van der Waals surface area contributed by atoms with Crippen molar-refractivity contribution < 1.29 is 0 Å². The van der Waals surface area contributed by atoms with E-state index in [-0.39, 0.29) is 0 Å². The van der Waals surface area contributed by atoms with Gasteiger partial charge in [-0.15, -0.1) is 0 Å². The Bertz CT molecular complexity index is 1100. The molecule has 126 valence electrons. The number of fused-ring (bicyclic) bond motifs is 3. The second kappa shape index (κ2) is 5.77. The number of aromatic nitrogens is 3. The maximum absolute atomic E-state index is 4.69. The average Bonchev–Trinajstić information content (AvgIpc) is 3.18. The first kappa shape index (κ1) is 15.4. The van der Waals surface area contributed by atoms with Gasteiger partial charge >= 0.3 is 0 Å². The van der Waals surface area contributed by atoms with Crippen LogP contribution < -0.4 is 5.01 Å². The van der Waals surface area contributed by atoms with Gasteiger partial charge in [-0.1, -0.05) is 24.3 Å². The summed E-state index contributed by atoms with van der Waals surface area (Å²) in [6, 6.07) is 17.0. The normalized spacial score (nSPS) is 12.2. The average molecular weight is 331 g/mol. The van der Waals surface area contributed by atoms with E-state index < -0.39 is 0 Å². The van der Waals surface area contributed by atoms with Crippen LogP contribution in [0.1, 0.15) is 12.5 Å². The summed E-state index contributed by atoms with van der Waals surface area (Å²) in [4.78, 5) is 0. The molecule has 2 heterocycles. The highest BCUT2D eigenvalue weighted by molar-refractivity contribution is 6.11. The van der Waals surface area contributed by atoms with Crippen LogP contribution in [0.5, 0.6) is 0 Å². The standard InChI is InChI=1S/C20H21N5/c1-14(21-25(4)20-11-12-23(2)22-20)15-9-10-19-17(13-15)16-7-5-6-8-18(16)24(19)3/h5-13H,1-4H3/b21-14-. The fraction of sp³-hybridized carbons (Fsp3) is 0.200. The van der Waals surface area contributed by atoms with Gasteiger partial charge in [-0.25, -0.2) is 5.01 Å². The van der Waals surface area contributed by atoms with Gasteiger partial charge in [0.2, 0.25) is 0 Å². The van der Waals surface area contributed by atoms with Gasteiger partial charge in [0.05, 0.1) is 5.71 Å². The topological polar surface area (TPSA) is 38.4 Å². The molecule has 0 saturated heterocycles. The third-order valence-electron chi connectivity index (χ3n) is 4.66. The lowest BCUT2D eigenvalue weighted by Gasteiger charge is -2.11.